The zero-order chi connectivity index (χ0) is 17.3. The molecule has 6 nitrogen and oxygen atoms in total. The van der Waals surface area contributed by atoms with Gasteiger partial charge in [0.15, 0.2) is 0 Å². The summed E-state index contributed by atoms with van der Waals surface area (Å²) in [5.41, 5.74) is -0.0655. The molecule has 2 saturated heterocycles. The van der Waals surface area contributed by atoms with E-state index in [-0.39, 0.29) is 17.9 Å². The second kappa shape index (κ2) is 6.53. The molecular formula is C18H24N2O4. The van der Waals surface area contributed by atoms with Crippen molar-refractivity contribution in [1.82, 2.24) is 9.80 Å². The maximum Gasteiger partial charge on any atom is 0.323 e. The first kappa shape index (κ1) is 16.9. The zero-order valence-corrected chi connectivity index (χ0v) is 14.1. The number of likely N-dealkylation sites (tertiary alicyclic amines) is 1. The molecule has 0 spiro atoms. The highest BCUT2D eigenvalue weighted by molar-refractivity contribution is 5.85. The largest absolute Gasteiger partial charge is 0.480 e. The van der Waals surface area contributed by atoms with Crippen molar-refractivity contribution in [3.05, 3.63) is 35.9 Å². The Balaban J connectivity index is 1.95. The van der Waals surface area contributed by atoms with E-state index >= 15 is 0 Å². The fourth-order valence-electron chi connectivity index (χ4n) is 3.85. The van der Waals surface area contributed by atoms with Gasteiger partial charge in [-0.05, 0) is 26.0 Å². The van der Waals surface area contributed by atoms with Crippen LogP contribution in [0, 0.1) is 5.92 Å². The summed E-state index contributed by atoms with van der Waals surface area (Å²) >= 11 is 0. The number of aliphatic carboxylic acids is 1. The third kappa shape index (κ3) is 2.80. The van der Waals surface area contributed by atoms with Crippen molar-refractivity contribution in [2.75, 3.05) is 33.4 Å². The first-order chi connectivity index (χ1) is 11.4. The van der Waals surface area contributed by atoms with Crippen LogP contribution in [0.25, 0.3) is 0 Å². The van der Waals surface area contributed by atoms with E-state index in [4.69, 9.17) is 4.74 Å². The van der Waals surface area contributed by atoms with E-state index in [0.29, 0.717) is 32.7 Å². The Morgan fingerprint density at radius 3 is 2.42 bits per heavy atom. The number of likely N-dealkylation sites (N-methyl/N-ethyl adjacent to an activating group) is 1. The van der Waals surface area contributed by atoms with Crippen molar-refractivity contribution in [3.8, 4) is 0 Å². The van der Waals surface area contributed by atoms with E-state index in [9.17, 15) is 14.7 Å². The van der Waals surface area contributed by atoms with Crippen LogP contribution in [0.4, 0.5) is 0 Å². The van der Waals surface area contributed by atoms with Gasteiger partial charge in [0.1, 0.15) is 5.54 Å². The smallest absolute Gasteiger partial charge is 0.323 e. The Kier molecular flexibility index (Phi) is 4.60. The van der Waals surface area contributed by atoms with Crippen LogP contribution in [-0.4, -0.2) is 65.7 Å². The second-order valence-corrected chi connectivity index (χ2v) is 6.79. The average molecular weight is 332 g/mol. The number of carboxylic acid groups (broad SMARTS) is 1. The van der Waals surface area contributed by atoms with Crippen molar-refractivity contribution in [2.45, 2.75) is 24.9 Å². The molecule has 0 radical (unpaired) electrons. The molecule has 1 aromatic carbocycles. The lowest BCUT2D eigenvalue weighted by atomic mass is 9.89. The molecule has 1 amide bonds. The van der Waals surface area contributed by atoms with Crippen LogP contribution < -0.4 is 0 Å². The topological polar surface area (TPSA) is 70.1 Å². The molecule has 2 fully saturated rings. The van der Waals surface area contributed by atoms with Gasteiger partial charge in [-0.15, -0.1) is 0 Å². The molecule has 0 aromatic heterocycles. The molecule has 0 bridgehead atoms. The van der Waals surface area contributed by atoms with Crippen LogP contribution in [0.3, 0.4) is 0 Å². The lowest BCUT2D eigenvalue weighted by Gasteiger charge is -2.33. The first-order valence-corrected chi connectivity index (χ1v) is 8.33. The highest BCUT2D eigenvalue weighted by atomic mass is 16.5. The molecule has 1 N–H and O–H groups in total. The Morgan fingerprint density at radius 1 is 1.21 bits per heavy atom. The Bertz CT molecular complexity index is 615. The van der Waals surface area contributed by atoms with Crippen LogP contribution in [-0.2, 0) is 14.3 Å². The number of rotatable bonds is 3. The van der Waals surface area contributed by atoms with Crippen molar-refractivity contribution >= 4 is 11.9 Å². The van der Waals surface area contributed by atoms with Gasteiger partial charge in [0, 0.05) is 19.1 Å². The Hall–Kier alpha value is -1.92. The average Bonchev–Trinajstić information content (AvgIpc) is 2.88. The van der Waals surface area contributed by atoms with Gasteiger partial charge in [-0.25, -0.2) is 0 Å². The number of carbonyl (C=O) groups excluding carboxylic acids is 1. The summed E-state index contributed by atoms with van der Waals surface area (Å²) in [6.07, 6.45) is 0.314. The standard InChI is InChI=1S/C18H24N2O4/c1-18(17(22)23)12-14(16(21)20-8-10-24-11-9-20)15(19(18)2)13-6-4-3-5-7-13/h3-7,14-15H,8-12H2,1-2H3,(H,22,23)/t14-,15-,18-/m0/s1. The number of amides is 1. The van der Waals surface area contributed by atoms with Crippen LogP contribution in [0.5, 0.6) is 0 Å². The number of hydrogen-bond donors (Lipinski definition) is 1. The molecule has 3 atom stereocenters. The third-order valence-electron chi connectivity index (χ3n) is 5.44. The Morgan fingerprint density at radius 2 is 1.83 bits per heavy atom. The van der Waals surface area contributed by atoms with Crippen LogP contribution >= 0.6 is 0 Å². The minimum atomic E-state index is -1.05. The number of morpholine rings is 1. The molecule has 1 aromatic rings. The minimum Gasteiger partial charge on any atom is -0.480 e. The Labute approximate surface area is 142 Å². The molecule has 130 valence electrons. The summed E-state index contributed by atoms with van der Waals surface area (Å²) in [5, 5.41) is 9.73. The highest BCUT2D eigenvalue weighted by Crippen LogP contribution is 2.46. The molecular weight excluding hydrogens is 308 g/mol. The van der Waals surface area contributed by atoms with Crippen LogP contribution in [0.15, 0.2) is 30.3 Å². The normalized spacial score (nSPS) is 31.2. The molecule has 0 aliphatic carbocycles. The van der Waals surface area contributed by atoms with Crippen LogP contribution in [0.2, 0.25) is 0 Å². The summed E-state index contributed by atoms with van der Waals surface area (Å²) in [6.45, 7) is 3.94. The number of hydrogen-bond acceptors (Lipinski definition) is 4. The first-order valence-electron chi connectivity index (χ1n) is 8.33. The maximum absolute atomic E-state index is 13.1. The van der Waals surface area contributed by atoms with E-state index in [1.165, 1.54) is 0 Å². The van der Waals surface area contributed by atoms with Gasteiger partial charge in [0.05, 0.1) is 19.1 Å². The number of carbonyl (C=O) groups is 2. The minimum absolute atomic E-state index is 0.0315. The van der Waals surface area contributed by atoms with Gasteiger partial charge in [-0.1, -0.05) is 30.3 Å². The summed E-state index contributed by atoms with van der Waals surface area (Å²) in [4.78, 5) is 28.6. The van der Waals surface area contributed by atoms with Gasteiger partial charge >= 0.3 is 5.97 Å². The van der Waals surface area contributed by atoms with Gasteiger partial charge in [-0.3, -0.25) is 14.5 Å². The highest BCUT2D eigenvalue weighted by Gasteiger charge is 2.55. The van der Waals surface area contributed by atoms with Crippen molar-refractivity contribution < 1.29 is 19.4 Å². The quantitative estimate of drug-likeness (QED) is 0.906. The third-order valence-corrected chi connectivity index (χ3v) is 5.44. The van der Waals surface area contributed by atoms with Gasteiger partial charge in [0.25, 0.3) is 0 Å². The zero-order valence-electron chi connectivity index (χ0n) is 14.1. The van der Waals surface area contributed by atoms with Crippen molar-refractivity contribution in [1.29, 1.82) is 0 Å². The van der Waals surface area contributed by atoms with E-state index in [2.05, 4.69) is 0 Å². The SMILES string of the molecule is CN1[C@@H](c2ccccc2)[C@@H](C(=O)N2CCOCC2)C[C@@]1(C)C(=O)O. The monoisotopic (exact) mass is 332 g/mol. The van der Waals surface area contributed by atoms with E-state index in [0.717, 1.165) is 5.56 Å². The molecule has 0 saturated carbocycles. The van der Waals surface area contributed by atoms with Gasteiger partial charge in [-0.2, -0.15) is 0 Å². The molecule has 0 unspecified atom stereocenters. The predicted molar refractivity (Wildman–Crippen MR) is 88.5 cm³/mol. The lowest BCUT2D eigenvalue weighted by Crippen LogP contribution is -2.46. The van der Waals surface area contributed by atoms with Crippen molar-refractivity contribution in [2.24, 2.45) is 5.92 Å². The second-order valence-electron chi connectivity index (χ2n) is 6.79. The summed E-state index contributed by atoms with van der Waals surface area (Å²) in [5.74, 6) is -1.22. The predicted octanol–water partition coefficient (Wildman–Crippen LogP) is 1.38. The summed E-state index contributed by atoms with van der Waals surface area (Å²) in [7, 11) is 1.80. The number of ether oxygens (including phenoxy) is 1. The number of benzene rings is 1. The fourth-order valence-corrected chi connectivity index (χ4v) is 3.85. The molecule has 3 rings (SSSR count). The van der Waals surface area contributed by atoms with Crippen molar-refractivity contribution in [3.63, 3.8) is 0 Å². The summed E-state index contributed by atoms with van der Waals surface area (Å²) < 4.78 is 5.33. The molecule has 6 heteroatoms. The van der Waals surface area contributed by atoms with E-state index in [1.807, 2.05) is 40.1 Å². The molecule has 24 heavy (non-hydrogen) atoms. The molecule has 2 aliphatic rings. The van der Waals surface area contributed by atoms with Gasteiger partial charge < -0.3 is 14.7 Å². The fraction of sp³-hybridized carbons (Fsp3) is 0.556. The lowest BCUT2D eigenvalue weighted by molar-refractivity contribution is -0.148. The van der Waals surface area contributed by atoms with E-state index < -0.39 is 11.5 Å². The van der Waals surface area contributed by atoms with E-state index in [1.54, 1.807) is 14.0 Å². The summed E-state index contributed by atoms with van der Waals surface area (Å²) in [6, 6.07) is 9.48. The number of carboxylic acids is 1. The van der Waals surface area contributed by atoms with Crippen LogP contribution in [0.1, 0.15) is 24.9 Å². The molecule has 2 aliphatic heterocycles. The van der Waals surface area contributed by atoms with Gasteiger partial charge in [0.2, 0.25) is 5.91 Å². The molecule has 2 heterocycles. The maximum atomic E-state index is 13.1. The number of nitrogens with zero attached hydrogens (tertiary/aromatic N) is 2.